The number of esters is 1. The number of halogens is 3. The van der Waals surface area contributed by atoms with Crippen molar-refractivity contribution in [2.24, 2.45) is 0 Å². The van der Waals surface area contributed by atoms with Gasteiger partial charge in [0.2, 0.25) is 0 Å². The summed E-state index contributed by atoms with van der Waals surface area (Å²) in [7, 11) is 0. The van der Waals surface area contributed by atoms with Crippen LogP contribution in [0.2, 0.25) is 0 Å². The van der Waals surface area contributed by atoms with Gasteiger partial charge < -0.3 is 14.5 Å². The van der Waals surface area contributed by atoms with Crippen LogP contribution in [0, 0.1) is 17.5 Å². The lowest BCUT2D eigenvalue weighted by Crippen LogP contribution is -2.49. The van der Waals surface area contributed by atoms with Crippen molar-refractivity contribution in [1.82, 2.24) is 4.90 Å². The van der Waals surface area contributed by atoms with Crippen LogP contribution in [0.4, 0.5) is 18.9 Å². The summed E-state index contributed by atoms with van der Waals surface area (Å²) >= 11 is 0. The first-order valence-electron chi connectivity index (χ1n) is 8.34. The molecule has 142 valence electrons. The smallest absolute Gasteiger partial charge is 0.341 e. The highest BCUT2D eigenvalue weighted by molar-refractivity contribution is 5.91. The molecule has 2 aromatic carbocycles. The first kappa shape index (κ1) is 18.8. The summed E-state index contributed by atoms with van der Waals surface area (Å²) in [4.78, 5) is 27.6. The zero-order valence-corrected chi connectivity index (χ0v) is 14.3. The van der Waals surface area contributed by atoms with Crippen LogP contribution in [0.25, 0.3) is 0 Å². The predicted molar refractivity (Wildman–Crippen MR) is 91.8 cm³/mol. The number of carbonyl (C=O) groups is 2. The Morgan fingerprint density at radius 2 is 1.52 bits per heavy atom. The average molecular weight is 378 g/mol. The van der Waals surface area contributed by atoms with Crippen molar-refractivity contribution in [1.29, 1.82) is 0 Å². The molecule has 1 saturated heterocycles. The van der Waals surface area contributed by atoms with Gasteiger partial charge in [0.05, 0.1) is 5.56 Å². The summed E-state index contributed by atoms with van der Waals surface area (Å²) in [5, 5.41) is 0. The minimum Gasteiger partial charge on any atom is -0.452 e. The Morgan fingerprint density at radius 3 is 2.19 bits per heavy atom. The SMILES string of the molecule is O=C(OCC(=O)N1CCN(c2ccc(F)cc2)CC1)c1cc(F)ccc1F. The molecule has 5 nitrogen and oxygen atoms in total. The Bertz CT molecular complexity index is 835. The summed E-state index contributed by atoms with van der Waals surface area (Å²) in [5.41, 5.74) is 0.306. The standard InChI is InChI=1S/C19H17F3N2O3/c20-13-1-4-15(5-2-13)23-7-9-24(10-8-23)18(25)12-27-19(26)16-11-14(21)3-6-17(16)22/h1-6,11H,7-10,12H2. The molecule has 0 unspecified atom stereocenters. The van der Waals surface area contributed by atoms with Crippen LogP contribution in [-0.2, 0) is 9.53 Å². The molecule has 0 atom stereocenters. The van der Waals surface area contributed by atoms with Gasteiger partial charge in [-0.3, -0.25) is 4.79 Å². The second-order valence-electron chi connectivity index (χ2n) is 6.04. The lowest BCUT2D eigenvalue weighted by atomic mass is 10.2. The minimum absolute atomic E-state index is 0.316. The fourth-order valence-electron chi connectivity index (χ4n) is 2.82. The lowest BCUT2D eigenvalue weighted by molar-refractivity contribution is -0.134. The highest BCUT2D eigenvalue weighted by atomic mass is 19.1. The molecule has 3 rings (SSSR count). The molecule has 2 aromatic rings. The monoisotopic (exact) mass is 378 g/mol. The van der Waals surface area contributed by atoms with Crippen molar-refractivity contribution < 1.29 is 27.5 Å². The maximum absolute atomic E-state index is 13.5. The third-order valence-corrected chi connectivity index (χ3v) is 4.30. The quantitative estimate of drug-likeness (QED) is 0.768. The van der Waals surface area contributed by atoms with Gasteiger partial charge in [0.15, 0.2) is 6.61 Å². The van der Waals surface area contributed by atoms with E-state index in [1.165, 1.54) is 17.0 Å². The number of carbonyl (C=O) groups excluding carboxylic acids is 2. The van der Waals surface area contributed by atoms with E-state index >= 15 is 0 Å². The molecule has 0 saturated carbocycles. The number of amides is 1. The molecular weight excluding hydrogens is 361 g/mol. The predicted octanol–water partition coefficient (Wildman–Crippen LogP) is 2.61. The summed E-state index contributed by atoms with van der Waals surface area (Å²) in [6.07, 6.45) is 0. The van der Waals surface area contributed by atoms with E-state index in [0.717, 1.165) is 23.9 Å². The van der Waals surface area contributed by atoms with E-state index in [4.69, 9.17) is 4.74 Å². The number of hydrogen-bond donors (Lipinski definition) is 0. The van der Waals surface area contributed by atoms with E-state index < -0.39 is 35.7 Å². The average Bonchev–Trinajstić information content (AvgIpc) is 2.68. The Labute approximate surface area is 153 Å². The van der Waals surface area contributed by atoms with E-state index in [1.807, 2.05) is 4.90 Å². The van der Waals surface area contributed by atoms with E-state index in [0.29, 0.717) is 26.2 Å². The molecular formula is C19H17F3N2O3. The van der Waals surface area contributed by atoms with Crippen molar-refractivity contribution in [3.63, 3.8) is 0 Å². The summed E-state index contributed by atoms with van der Waals surface area (Å²) in [6.45, 7) is 1.35. The van der Waals surface area contributed by atoms with Crippen molar-refractivity contribution in [2.45, 2.75) is 0 Å². The topological polar surface area (TPSA) is 49.9 Å². The zero-order chi connectivity index (χ0) is 19.4. The highest BCUT2D eigenvalue weighted by Crippen LogP contribution is 2.17. The second-order valence-corrected chi connectivity index (χ2v) is 6.04. The van der Waals surface area contributed by atoms with Gasteiger partial charge in [0.1, 0.15) is 17.5 Å². The molecule has 1 fully saturated rings. The maximum atomic E-state index is 13.5. The highest BCUT2D eigenvalue weighted by Gasteiger charge is 2.23. The molecule has 0 radical (unpaired) electrons. The van der Waals surface area contributed by atoms with Gasteiger partial charge in [-0.2, -0.15) is 0 Å². The van der Waals surface area contributed by atoms with Gasteiger partial charge in [0.25, 0.3) is 5.91 Å². The van der Waals surface area contributed by atoms with Gasteiger partial charge in [-0.05, 0) is 42.5 Å². The molecule has 1 amide bonds. The number of benzene rings is 2. The van der Waals surface area contributed by atoms with Crippen molar-refractivity contribution in [3.8, 4) is 0 Å². The molecule has 0 aliphatic carbocycles. The molecule has 0 N–H and O–H groups in total. The van der Waals surface area contributed by atoms with E-state index in [1.54, 1.807) is 12.1 Å². The third-order valence-electron chi connectivity index (χ3n) is 4.30. The molecule has 1 aliphatic rings. The fourth-order valence-corrected chi connectivity index (χ4v) is 2.82. The number of hydrogen-bond acceptors (Lipinski definition) is 4. The molecule has 1 aliphatic heterocycles. The van der Waals surface area contributed by atoms with Crippen LogP contribution in [0.3, 0.4) is 0 Å². The maximum Gasteiger partial charge on any atom is 0.341 e. The summed E-state index contributed by atoms with van der Waals surface area (Å²) in [6, 6.07) is 8.52. The minimum atomic E-state index is -1.09. The Hall–Kier alpha value is -3.03. The second kappa shape index (κ2) is 8.11. The molecule has 27 heavy (non-hydrogen) atoms. The van der Waals surface area contributed by atoms with Crippen LogP contribution in [-0.4, -0.2) is 49.6 Å². The van der Waals surface area contributed by atoms with Crippen molar-refractivity contribution >= 4 is 17.6 Å². The molecule has 0 aromatic heterocycles. The number of anilines is 1. The van der Waals surface area contributed by atoms with E-state index in [9.17, 15) is 22.8 Å². The van der Waals surface area contributed by atoms with E-state index in [2.05, 4.69) is 0 Å². The molecule has 8 heteroatoms. The molecule has 0 bridgehead atoms. The summed E-state index contributed by atoms with van der Waals surface area (Å²) in [5.74, 6) is -3.51. The Balaban J connectivity index is 1.50. The third kappa shape index (κ3) is 4.58. The summed E-state index contributed by atoms with van der Waals surface area (Å²) < 4.78 is 44.5. The van der Waals surface area contributed by atoms with Gasteiger partial charge in [0, 0.05) is 31.9 Å². The molecule has 0 spiro atoms. The van der Waals surface area contributed by atoms with Crippen molar-refractivity contribution in [3.05, 3.63) is 65.5 Å². The lowest BCUT2D eigenvalue weighted by Gasteiger charge is -2.36. The first-order valence-corrected chi connectivity index (χ1v) is 8.34. The fraction of sp³-hybridized carbons (Fsp3) is 0.263. The molecule has 1 heterocycles. The van der Waals surface area contributed by atoms with E-state index in [-0.39, 0.29) is 5.82 Å². The van der Waals surface area contributed by atoms with Crippen LogP contribution in [0.1, 0.15) is 10.4 Å². The van der Waals surface area contributed by atoms with Crippen LogP contribution >= 0.6 is 0 Å². The van der Waals surface area contributed by atoms with Gasteiger partial charge in [-0.25, -0.2) is 18.0 Å². The van der Waals surface area contributed by atoms with Gasteiger partial charge in [-0.1, -0.05) is 0 Å². The van der Waals surface area contributed by atoms with Crippen LogP contribution in [0.5, 0.6) is 0 Å². The Kier molecular flexibility index (Phi) is 5.63. The van der Waals surface area contributed by atoms with Gasteiger partial charge in [-0.15, -0.1) is 0 Å². The first-order chi connectivity index (χ1) is 12.9. The number of nitrogens with zero attached hydrogens (tertiary/aromatic N) is 2. The van der Waals surface area contributed by atoms with Crippen molar-refractivity contribution in [2.75, 3.05) is 37.7 Å². The number of rotatable bonds is 4. The zero-order valence-electron chi connectivity index (χ0n) is 14.3. The van der Waals surface area contributed by atoms with Crippen LogP contribution in [0.15, 0.2) is 42.5 Å². The number of piperazine rings is 1. The van der Waals surface area contributed by atoms with Gasteiger partial charge >= 0.3 is 5.97 Å². The van der Waals surface area contributed by atoms with Crippen LogP contribution < -0.4 is 4.90 Å². The largest absolute Gasteiger partial charge is 0.452 e. The normalized spacial score (nSPS) is 14.2. The Morgan fingerprint density at radius 1 is 0.889 bits per heavy atom. The number of ether oxygens (including phenoxy) is 1.